The lowest BCUT2D eigenvalue weighted by molar-refractivity contribution is 0.142. The van der Waals surface area contributed by atoms with E-state index in [4.69, 9.17) is 0 Å². The van der Waals surface area contributed by atoms with E-state index in [9.17, 15) is 0 Å². The predicted octanol–water partition coefficient (Wildman–Crippen LogP) is 3.19. The van der Waals surface area contributed by atoms with Gasteiger partial charge in [-0.15, -0.1) is 0 Å². The minimum Gasteiger partial charge on any atom is -0.301 e. The van der Waals surface area contributed by atoms with Crippen LogP contribution in [-0.4, -0.2) is 49.1 Å². The molecule has 0 atom stereocenters. The number of piperazine rings is 1. The lowest BCUT2D eigenvalue weighted by atomic mass is 10.3. The lowest BCUT2D eigenvalue weighted by Gasteiger charge is -2.33. The fourth-order valence-electron chi connectivity index (χ4n) is 1.42. The number of hydrogen-bond acceptors (Lipinski definition) is 2. The Labute approximate surface area is 93.3 Å². The van der Waals surface area contributed by atoms with Crippen molar-refractivity contribution in [2.24, 2.45) is 0 Å². The number of rotatable bonds is 2. The Kier molecular flexibility index (Phi) is 21.8. The summed E-state index contributed by atoms with van der Waals surface area (Å²) in [5, 5.41) is 0. The van der Waals surface area contributed by atoms with Gasteiger partial charge in [0, 0.05) is 26.2 Å². The van der Waals surface area contributed by atoms with Crippen LogP contribution in [0.1, 0.15) is 43.6 Å². The molecule has 1 aliphatic rings. The van der Waals surface area contributed by atoms with Crippen molar-refractivity contribution in [3.63, 3.8) is 0 Å². The first kappa shape index (κ1) is 23.6. The standard InChI is InChI=1S/C8H18N2.4CH4/c1-3-9-5-7-10(4-2)8-6-9;;;;/h3-8H2,1-2H3;4*1H4. The van der Waals surface area contributed by atoms with Gasteiger partial charge in [-0.05, 0) is 13.1 Å². The van der Waals surface area contributed by atoms with E-state index in [1.54, 1.807) is 0 Å². The van der Waals surface area contributed by atoms with Gasteiger partial charge in [0.2, 0.25) is 0 Å². The molecule has 1 fully saturated rings. The van der Waals surface area contributed by atoms with Gasteiger partial charge in [-0.3, -0.25) is 0 Å². The van der Waals surface area contributed by atoms with Gasteiger partial charge < -0.3 is 9.80 Å². The van der Waals surface area contributed by atoms with E-state index in [0.29, 0.717) is 0 Å². The van der Waals surface area contributed by atoms with Gasteiger partial charge >= 0.3 is 0 Å². The van der Waals surface area contributed by atoms with E-state index in [1.807, 2.05) is 0 Å². The Morgan fingerprint density at radius 2 is 0.857 bits per heavy atom. The molecule has 0 N–H and O–H groups in total. The van der Waals surface area contributed by atoms with Gasteiger partial charge in [0.1, 0.15) is 0 Å². The molecule has 0 aromatic heterocycles. The summed E-state index contributed by atoms with van der Waals surface area (Å²) in [4.78, 5) is 5.01. The van der Waals surface area contributed by atoms with Gasteiger partial charge in [0.05, 0.1) is 0 Å². The zero-order valence-electron chi connectivity index (χ0n) is 7.14. The van der Waals surface area contributed by atoms with E-state index < -0.39 is 0 Å². The maximum absolute atomic E-state index is 2.51. The number of nitrogens with zero attached hydrogens (tertiary/aromatic N) is 2. The van der Waals surface area contributed by atoms with Crippen LogP contribution in [0.15, 0.2) is 0 Å². The van der Waals surface area contributed by atoms with Crippen molar-refractivity contribution in [1.82, 2.24) is 9.80 Å². The Morgan fingerprint density at radius 1 is 0.643 bits per heavy atom. The van der Waals surface area contributed by atoms with Crippen LogP contribution in [0.3, 0.4) is 0 Å². The van der Waals surface area contributed by atoms with Gasteiger partial charge in [0.15, 0.2) is 0 Å². The Bertz CT molecular complexity index is 74.3. The Morgan fingerprint density at radius 3 is 1.00 bits per heavy atom. The average Bonchev–Trinajstić information content (AvgIpc) is 2.05. The van der Waals surface area contributed by atoms with Crippen molar-refractivity contribution >= 4 is 0 Å². The highest BCUT2D eigenvalue weighted by molar-refractivity contribution is 4.69. The molecule has 1 aliphatic heterocycles. The third kappa shape index (κ3) is 7.34. The molecule has 0 spiro atoms. The first-order valence-corrected chi connectivity index (χ1v) is 4.31. The quantitative estimate of drug-likeness (QED) is 0.684. The van der Waals surface area contributed by atoms with E-state index >= 15 is 0 Å². The van der Waals surface area contributed by atoms with Crippen molar-refractivity contribution in [2.75, 3.05) is 39.3 Å². The molecule has 0 unspecified atom stereocenters. The van der Waals surface area contributed by atoms with Crippen LogP contribution in [0.5, 0.6) is 0 Å². The first-order valence-electron chi connectivity index (χ1n) is 4.31. The van der Waals surface area contributed by atoms with Crippen LogP contribution in [0, 0.1) is 0 Å². The summed E-state index contributed by atoms with van der Waals surface area (Å²) in [5.41, 5.74) is 0. The van der Waals surface area contributed by atoms with Crippen LogP contribution in [-0.2, 0) is 0 Å². The predicted molar refractivity (Wildman–Crippen MR) is 71.2 cm³/mol. The minimum absolute atomic E-state index is 0. The molecule has 1 heterocycles. The summed E-state index contributed by atoms with van der Waals surface area (Å²) >= 11 is 0. The maximum Gasteiger partial charge on any atom is 0.0110 e. The zero-order chi connectivity index (χ0) is 7.40. The number of hydrogen-bond donors (Lipinski definition) is 0. The molecule has 0 bridgehead atoms. The van der Waals surface area contributed by atoms with Gasteiger partial charge in [-0.1, -0.05) is 43.6 Å². The molecule has 0 aliphatic carbocycles. The molecule has 0 amide bonds. The first-order chi connectivity index (χ1) is 4.86. The molecule has 1 saturated heterocycles. The molecular weight excluding hydrogens is 172 g/mol. The molecule has 0 saturated carbocycles. The monoisotopic (exact) mass is 206 g/mol. The van der Waals surface area contributed by atoms with Crippen molar-refractivity contribution in [1.29, 1.82) is 0 Å². The molecule has 0 aromatic carbocycles. The SMILES string of the molecule is C.C.C.C.CCN1CCN(CC)CC1. The molecular formula is C12H34N2. The van der Waals surface area contributed by atoms with Crippen molar-refractivity contribution < 1.29 is 0 Å². The van der Waals surface area contributed by atoms with Crippen LogP contribution in [0.25, 0.3) is 0 Å². The van der Waals surface area contributed by atoms with Gasteiger partial charge in [-0.25, -0.2) is 0 Å². The molecule has 0 radical (unpaired) electrons. The highest BCUT2D eigenvalue weighted by Crippen LogP contribution is 1.99. The second-order valence-electron chi connectivity index (χ2n) is 2.87. The minimum atomic E-state index is 0. The van der Waals surface area contributed by atoms with E-state index in [1.165, 1.54) is 39.3 Å². The summed E-state index contributed by atoms with van der Waals surface area (Å²) in [6.07, 6.45) is 0. The van der Waals surface area contributed by atoms with Crippen LogP contribution < -0.4 is 0 Å². The normalized spacial score (nSPS) is 16.7. The third-order valence-corrected chi connectivity index (χ3v) is 2.36. The molecule has 14 heavy (non-hydrogen) atoms. The van der Waals surface area contributed by atoms with E-state index in [2.05, 4.69) is 23.6 Å². The summed E-state index contributed by atoms with van der Waals surface area (Å²) in [7, 11) is 0. The van der Waals surface area contributed by atoms with Crippen LogP contribution in [0.2, 0.25) is 0 Å². The summed E-state index contributed by atoms with van der Waals surface area (Å²) in [6.45, 7) is 12.0. The van der Waals surface area contributed by atoms with E-state index in [0.717, 1.165) is 0 Å². The molecule has 92 valence electrons. The smallest absolute Gasteiger partial charge is 0.0110 e. The highest BCUT2D eigenvalue weighted by Gasteiger charge is 2.12. The van der Waals surface area contributed by atoms with Crippen LogP contribution in [0.4, 0.5) is 0 Å². The molecule has 1 rings (SSSR count). The van der Waals surface area contributed by atoms with Gasteiger partial charge in [0.25, 0.3) is 0 Å². The van der Waals surface area contributed by atoms with E-state index in [-0.39, 0.29) is 29.7 Å². The highest BCUT2D eigenvalue weighted by atomic mass is 15.2. The van der Waals surface area contributed by atoms with Gasteiger partial charge in [-0.2, -0.15) is 0 Å². The third-order valence-electron chi connectivity index (χ3n) is 2.36. The topological polar surface area (TPSA) is 6.48 Å². The largest absolute Gasteiger partial charge is 0.301 e. The maximum atomic E-state index is 2.51. The molecule has 2 heteroatoms. The number of likely N-dealkylation sites (N-methyl/N-ethyl adjacent to an activating group) is 2. The zero-order valence-corrected chi connectivity index (χ0v) is 7.14. The van der Waals surface area contributed by atoms with Crippen molar-refractivity contribution in [3.8, 4) is 0 Å². The fourth-order valence-corrected chi connectivity index (χ4v) is 1.42. The van der Waals surface area contributed by atoms with Crippen molar-refractivity contribution in [3.05, 3.63) is 0 Å². The summed E-state index contributed by atoms with van der Waals surface area (Å²) in [5.74, 6) is 0. The molecule has 0 aromatic rings. The summed E-state index contributed by atoms with van der Waals surface area (Å²) in [6, 6.07) is 0. The Balaban J connectivity index is -0.000000125. The molecule has 2 nitrogen and oxygen atoms in total. The summed E-state index contributed by atoms with van der Waals surface area (Å²) < 4.78 is 0. The second-order valence-corrected chi connectivity index (χ2v) is 2.87. The lowest BCUT2D eigenvalue weighted by Crippen LogP contribution is -2.45. The fraction of sp³-hybridized carbons (Fsp3) is 1.00. The Hall–Kier alpha value is -0.0800. The van der Waals surface area contributed by atoms with Crippen molar-refractivity contribution in [2.45, 2.75) is 43.6 Å². The van der Waals surface area contributed by atoms with Crippen LogP contribution >= 0.6 is 0 Å². The second kappa shape index (κ2) is 12.9. The average molecular weight is 206 g/mol.